The second kappa shape index (κ2) is 9.39. The maximum absolute atomic E-state index is 12.3. The Morgan fingerprint density at radius 2 is 1.78 bits per heavy atom. The van der Waals surface area contributed by atoms with Gasteiger partial charge in [-0.2, -0.15) is 0 Å². The van der Waals surface area contributed by atoms with E-state index in [2.05, 4.69) is 41.5 Å². The minimum atomic E-state index is -1.09. The van der Waals surface area contributed by atoms with Gasteiger partial charge in [0.05, 0.1) is 17.3 Å². The highest BCUT2D eigenvalue weighted by Gasteiger charge is 2.65. The maximum atomic E-state index is 12.3. The Balaban J connectivity index is 0.000000848. The van der Waals surface area contributed by atoms with E-state index in [0.717, 1.165) is 49.3 Å². The zero-order valence-electron chi connectivity index (χ0n) is 22.0. The van der Waals surface area contributed by atoms with E-state index in [1.54, 1.807) is 0 Å². The molecule has 0 radical (unpaired) electrons. The minimum Gasteiger partial charge on any atom is -0.393 e. The summed E-state index contributed by atoms with van der Waals surface area (Å²) in [5.74, 6) is 1.34. The molecule has 0 aliphatic heterocycles. The molecule has 4 aliphatic rings. The van der Waals surface area contributed by atoms with Crippen LogP contribution in [0.3, 0.4) is 0 Å². The van der Waals surface area contributed by atoms with Crippen LogP contribution in [0.5, 0.6) is 0 Å². The third kappa shape index (κ3) is 4.07. The van der Waals surface area contributed by atoms with Gasteiger partial charge in [0.15, 0.2) is 0 Å². The number of hydrogen-bond donors (Lipinski definition) is 5. The molecular weight excluding hydrogens is 450 g/mol. The molecule has 2 aromatic rings. The normalized spacial score (nSPS) is 39.7. The molecule has 3 saturated carbocycles. The van der Waals surface area contributed by atoms with Gasteiger partial charge in [0.25, 0.3) is 0 Å². The number of aliphatic hydroxyl groups excluding tert-OH is 1. The van der Waals surface area contributed by atoms with Gasteiger partial charge in [-0.15, -0.1) is 0 Å². The van der Waals surface area contributed by atoms with E-state index in [9.17, 15) is 15.3 Å². The van der Waals surface area contributed by atoms with Gasteiger partial charge in [-0.25, -0.2) is 4.98 Å². The number of benzene rings is 1. The molecule has 0 saturated heterocycles. The summed E-state index contributed by atoms with van der Waals surface area (Å²) in [5.41, 5.74) is 6.06. The van der Waals surface area contributed by atoms with Crippen molar-refractivity contribution in [1.29, 1.82) is 0 Å². The number of aromatic nitrogens is 1. The van der Waals surface area contributed by atoms with Crippen LogP contribution in [0, 0.1) is 23.2 Å². The number of nitrogens with two attached hydrogens (primary N) is 1. The summed E-state index contributed by atoms with van der Waals surface area (Å²) in [4.78, 5) is 4.21. The molecule has 1 aromatic heterocycles. The molecule has 6 unspecified atom stereocenters. The zero-order valence-corrected chi connectivity index (χ0v) is 22.0. The Kier molecular flexibility index (Phi) is 6.69. The van der Waals surface area contributed by atoms with Crippen LogP contribution in [0.25, 0.3) is 16.3 Å². The molecule has 0 bridgehead atoms. The number of hydrogen-bond acceptors (Lipinski definition) is 6. The Bertz CT molecular complexity index is 1150. The molecule has 1 aromatic carbocycles. The number of anilines is 1. The van der Waals surface area contributed by atoms with Gasteiger partial charge in [0, 0.05) is 17.5 Å². The van der Waals surface area contributed by atoms with Crippen LogP contribution < -0.4 is 11.1 Å². The van der Waals surface area contributed by atoms with Crippen molar-refractivity contribution in [3.8, 4) is 0 Å². The van der Waals surface area contributed by atoms with Crippen LogP contribution >= 0.6 is 0 Å². The molecule has 7 atom stereocenters. The van der Waals surface area contributed by atoms with Crippen molar-refractivity contribution in [3.63, 3.8) is 0 Å². The van der Waals surface area contributed by atoms with Crippen molar-refractivity contribution in [2.24, 2.45) is 23.2 Å². The molecule has 6 N–H and O–H groups in total. The first-order chi connectivity index (χ1) is 17.1. The Hall–Kier alpha value is -1.99. The van der Waals surface area contributed by atoms with E-state index >= 15 is 0 Å². The highest BCUT2D eigenvalue weighted by molar-refractivity contribution is 5.88. The third-order valence-electron chi connectivity index (χ3n) is 10.0. The fourth-order valence-corrected chi connectivity index (χ4v) is 8.18. The summed E-state index contributed by atoms with van der Waals surface area (Å²) in [7, 11) is 3.75. The molecule has 6 heteroatoms. The second-order valence-corrected chi connectivity index (χ2v) is 12.2. The lowest BCUT2D eigenvalue weighted by Gasteiger charge is -2.57. The van der Waals surface area contributed by atoms with E-state index in [4.69, 9.17) is 5.73 Å². The SMILES string of the molecule is CC12CCC3(O)CC4CC(O)CCC4CC[C@]3(O)C1CC=C2c1ccc2cnc(N)cc2c1.CNC. The zero-order chi connectivity index (χ0) is 25.7. The highest BCUT2D eigenvalue weighted by atomic mass is 16.4. The van der Waals surface area contributed by atoms with Crippen molar-refractivity contribution in [1.82, 2.24) is 10.3 Å². The van der Waals surface area contributed by atoms with Crippen LogP contribution in [0.1, 0.15) is 70.3 Å². The minimum absolute atomic E-state index is 0.00188. The number of rotatable bonds is 1. The molecule has 6 rings (SSSR count). The van der Waals surface area contributed by atoms with E-state index in [-0.39, 0.29) is 17.4 Å². The number of aliphatic hydroxyl groups is 3. The lowest BCUT2D eigenvalue weighted by Crippen LogP contribution is -2.64. The smallest absolute Gasteiger partial charge is 0.123 e. The summed E-state index contributed by atoms with van der Waals surface area (Å²) in [6.07, 6.45) is 11.0. The van der Waals surface area contributed by atoms with Gasteiger partial charge in [0.1, 0.15) is 5.82 Å². The quantitative estimate of drug-likeness (QED) is 0.405. The summed E-state index contributed by atoms with van der Waals surface area (Å²) in [6.45, 7) is 2.29. The summed E-state index contributed by atoms with van der Waals surface area (Å²) in [5, 5.41) is 39.4. The average Bonchev–Trinajstić information content (AvgIpc) is 3.14. The topological polar surface area (TPSA) is 112 Å². The first-order valence-electron chi connectivity index (χ1n) is 13.7. The first-order valence-corrected chi connectivity index (χ1v) is 13.7. The molecule has 6 nitrogen and oxygen atoms in total. The molecule has 1 heterocycles. The summed E-state index contributed by atoms with van der Waals surface area (Å²) >= 11 is 0. The predicted molar refractivity (Wildman–Crippen MR) is 145 cm³/mol. The standard InChI is InChI=1S/C28H36N2O3.C2H7N/c1-26-10-11-27(32)15-21-13-22(31)5-4-17(21)8-9-28(27,33)24(26)7-6-23(26)18-2-3-19-16-30-25(29)14-20(19)12-18;1-3-2/h2-3,6,12,14,16-17,21-22,24,31-33H,4-5,7-11,13,15H2,1H3,(H2,29,30);3H,1-2H3/t17?,21?,22?,24?,26?,27?,28-;/m0./s1. The molecule has 4 aliphatic carbocycles. The lowest BCUT2D eigenvalue weighted by molar-refractivity contribution is -0.228. The van der Waals surface area contributed by atoms with Crippen LogP contribution in [0.2, 0.25) is 0 Å². The van der Waals surface area contributed by atoms with Crippen LogP contribution in [-0.2, 0) is 0 Å². The van der Waals surface area contributed by atoms with Gasteiger partial charge in [0.2, 0.25) is 0 Å². The van der Waals surface area contributed by atoms with Gasteiger partial charge in [-0.05, 0) is 118 Å². The van der Waals surface area contributed by atoms with Crippen LogP contribution in [-0.4, -0.2) is 51.7 Å². The Labute approximate surface area is 215 Å². The molecule has 196 valence electrons. The molecular formula is C30H43N3O3. The van der Waals surface area contributed by atoms with Gasteiger partial charge < -0.3 is 26.4 Å². The van der Waals surface area contributed by atoms with E-state index < -0.39 is 11.2 Å². The van der Waals surface area contributed by atoms with Crippen molar-refractivity contribution >= 4 is 22.2 Å². The predicted octanol–water partition coefficient (Wildman–Crippen LogP) is 4.28. The van der Waals surface area contributed by atoms with Crippen molar-refractivity contribution < 1.29 is 15.3 Å². The molecule has 3 fully saturated rings. The Morgan fingerprint density at radius 3 is 2.56 bits per heavy atom. The van der Waals surface area contributed by atoms with E-state index in [1.165, 1.54) is 11.1 Å². The largest absolute Gasteiger partial charge is 0.393 e. The van der Waals surface area contributed by atoms with E-state index in [0.29, 0.717) is 36.9 Å². The highest BCUT2D eigenvalue weighted by Crippen LogP contribution is 2.65. The first kappa shape index (κ1) is 25.7. The maximum Gasteiger partial charge on any atom is 0.123 e. The number of fused-ring (bicyclic) bond motifs is 5. The van der Waals surface area contributed by atoms with Crippen LogP contribution in [0.15, 0.2) is 36.5 Å². The number of pyridine rings is 1. The molecule has 36 heavy (non-hydrogen) atoms. The third-order valence-corrected chi connectivity index (χ3v) is 10.0. The number of allylic oxidation sites excluding steroid dienone is 2. The second-order valence-electron chi connectivity index (χ2n) is 12.2. The fraction of sp³-hybridized carbons (Fsp3) is 0.633. The average molecular weight is 494 g/mol. The number of nitrogens with one attached hydrogen (secondary N) is 1. The van der Waals surface area contributed by atoms with Crippen molar-refractivity contribution in [3.05, 3.63) is 42.1 Å². The summed E-state index contributed by atoms with van der Waals surface area (Å²) < 4.78 is 0. The van der Waals surface area contributed by atoms with Gasteiger partial charge in [-0.3, -0.25) is 0 Å². The Morgan fingerprint density at radius 1 is 1.00 bits per heavy atom. The molecule has 0 spiro atoms. The monoisotopic (exact) mass is 493 g/mol. The van der Waals surface area contributed by atoms with Gasteiger partial charge >= 0.3 is 0 Å². The van der Waals surface area contributed by atoms with E-state index in [1.807, 2.05) is 26.4 Å². The molecule has 0 amide bonds. The van der Waals surface area contributed by atoms with Gasteiger partial charge in [-0.1, -0.05) is 25.1 Å². The van der Waals surface area contributed by atoms with Crippen LogP contribution in [0.4, 0.5) is 5.82 Å². The summed E-state index contributed by atoms with van der Waals surface area (Å²) in [6, 6.07) is 8.38. The van der Waals surface area contributed by atoms with Crippen molar-refractivity contribution in [2.45, 2.75) is 82.0 Å². The van der Waals surface area contributed by atoms with Crippen molar-refractivity contribution in [2.75, 3.05) is 19.8 Å². The lowest BCUT2D eigenvalue weighted by atomic mass is 9.52. The number of nitrogen functional groups attached to an aromatic ring is 1. The number of nitrogens with zero attached hydrogens (tertiary/aromatic N) is 1. The fourth-order valence-electron chi connectivity index (χ4n) is 8.18.